The van der Waals surface area contributed by atoms with Crippen molar-refractivity contribution in [3.63, 3.8) is 0 Å². The van der Waals surface area contributed by atoms with Gasteiger partial charge in [0.25, 0.3) is 6.47 Å². The Labute approximate surface area is 73.8 Å². The van der Waals surface area contributed by atoms with Gasteiger partial charge in [0.1, 0.15) is 5.82 Å². The lowest BCUT2D eigenvalue weighted by Crippen LogP contribution is -2.08. The van der Waals surface area contributed by atoms with Gasteiger partial charge >= 0.3 is 0 Å². The van der Waals surface area contributed by atoms with Crippen molar-refractivity contribution in [3.05, 3.63) is 11.8 Å². The van der Waals surface area contributed by atoms with Crippen LogP contribution in [0, 0.1) is 0 Å². The van der Waals surface area contributed by atoms with E-state index < -0.39 is 5.56 Å². The molecule has 1 rings (SSSR count). The Bertz CT molecular complexity index is 263. The van der Waals surface area contributed by atoms with E-state index in [1.807, 2.05) is 0 Å². The maximum Gasteiger partial charge on any atom is 0.294 e. The molecule has 0 amide bonds. The van der Waals surface area contributed by atoms with Crippen molar-refractivity contribution >= 4 is 23.9 Å². The van der Waals surface area contributed by atoms with Crippen LogP contribution in [0.3, 0.4) is 0 Å². The van der Waals surface area contributed by atoms with Crippen molar-refractivity contribution in [1.29, 1.82) is 0 Å². The second-order valence-electron chi connectivity index (χ2n) is 2.16. The fraction of sp³-hybridized carbons (Fsp3) is 0.333. The number of carbonyl (C=O) groups is 1. The number of nitrogens with one attached hydrogen (secondary N) is 1. The highest BCUT2D eigenvalue weighted by atomic mass is 35.5. The number of aromatic nitrogens is 2. The first-order valence-electron chi connectivity index (χ1n) is 3.25. The summed E-state index contributed by atoms with van der Waals surface area (Å²) in [5.74, 6) is 0.440. The van der Waals surface area contributed by atoms with Gasteiger partial charge in [0.15, 0.2) is 5.56 Å². The number of nitrogen functional groups attached to an aromatic ring is 1. The zero-order valence-electron chi connectivity index (χ0n) is 6.16. The van der Waals surface area contributed by atoms with Gasteiger partial charge < -0.3 is 10.5 Å². The van der Waals surface area contributed by atoms with Crippen LogP contribution in [0.15, 0.2) is 6.20 Å². The second-order valence-corrected chi connectivity index (χ2v) is 2.64. The second kappa shape index (κ2) is 3.96. The van der Waals surface area contributed by atoms with Crippen molar-refractivity contribution < 1.29 is 9.53 Å². The molecule has 12 heavy (non-hydrogen) atoms. The van der Waals surface area contributed by atoms with E-state index in [4.69, 9.17) is 17.3 Å². The minimum absolute atomic E-state index is 0.300. The van der Waals surface area contributed by atoms with Gasteiger partial charge in [-0.05, 0) is 0 Å². The van der Waals surface area contributed by atoms with E-state index in [0.29, 0.717) is 18.7 Å². The summed E-state index contributed by atoms with van der Waals surface area (Å²) in [5, 5.41) is 6.22. The maximum absolute atomic E-state index is 9.87. The highest BCUT2D eigenvalue weighted by Gasteiger charge is 2.09. The largest absolute Gasteiger partial charge is 0.448 e. The Morgan fingerprint density at radius 2 is 2.67 bits per heavy atom. The number of hydrogen-bond acceptors (Lipinski definition) is 4. The number of carbonyl (C=O) groups excluding carboxylic acids is 1. The van der Waals surface area contributed by atoms with Gasteiger partial charge in [-0.25, -0.2) is 0 Å². The van der Waals surface area contributed by atoms with Crippen LogP contribution >= 0.6 is 11.6 Å². The van der Waals surface area contributed by atoms with Gasteiger partial charge in [-0.15, -0.1) is 0 Å². The van der Waals surface area contributed by atoms with Gasteiger partial charge in [0.2, 0.25) is 0 Å². The summed E-state index contributed by atoms with van der Waals surface area (Å²) in [7, 11) is 0. The zero-order valence-corrected chi connectivity index (χ0v) is 6.91. The van der Waals surface area contributed by atoms with E-state index in [0.717, 1.165) is 5.56 Å². The molecule has 1 unspecified atom stereocenters. The van der Waals surface area contributed by atoms with Crippen LogP contribution in [-0.2, 0) is 16.0 Å². The fourth-order valence-electron chi connectivity index (χ4n) is 0.765. The molecule has 1 heterocycles. The first-order valence-corrected chi connectivity index (χ1v) is 3.68. The molecule has 0 fully saturated rings. The average Bonchev–Trinajstić information content (AvgIpc) is 2.37. The molecule has 0 aliphatic carbocycles. The maximum atomic E-state index is 9.87. The number of nitrogens with two attached hydrogens (primary N) is 1. The topological polar surface area (TPSA) is 81.0 Å². The summed E-state index contributed by atoms with van der Waals surface area (Å²) < 4.78 is 4.46. The Balaban J connectivity index is 2.51. The average molecular weight is 190 g/mol. The van der Waals surface area contributed by atoms with Crippen LogP contribution in [0.1, 0.15) is 5.56 Å². The molecule has 0 spiro atoms. The smallest absolute Gasteiger partial charge is 0.294 e. The molecular weight excluding hydrogens is 182 g/mol. The van der Waals surface area contributed by atoms with E-state index in [1.54, 1.807) is 6.20 Å². The molecule has 0 saturated carbocycles. The van der Waals surface area contributed by atoms with Gasteiger partial charge in [-0.3, -0.25) is 9.89 Å². The first kappa shape index (κ1) is 8.86. The Morgan fingerprint density at radius 1 is 1.92 bits per heavy atom. The predicted molar refractivity (Wildman–Crippen MR) is 43.5 cm³/mol. The van der Waals surface area contributed by atoms with Gasteiger partial charge in [-0.1, -0.05) is 11.6 Å². The molecule has 0 saturated heterocycles. The number of aromatic amines is 1. The minimum Gasteiger partial charge on any atom is -0.448 e. The van der Waals surface area contributed by atoms with Gasteiger partial charge in [-0.2, -0.15) is 5.10 Å². The highest BCUT2D eigenvalue weighted by Crippen LogP contribution is 2.12. The minimum atomic E-state index is -0.692. The van der Waals surface area contributed by atoms with Crippen LogP contribution in [-0.4, -0.2) is 22.2 Å². The lowest BCUT2D eigenvalue weighted by atomic mass is 10.2. The molecule has 0 aromatic carbocycles. The number of rotatable bonds is 4. The van der Waals surface area contributed by atoms with Crippen LogP contribution in [0.25, 0.3) is 0 Å². The van der Waals surface area contributed by atoms with E-state index in [2.05, 4.69) is 14.9 Å². The van der Waals surface area contributed by atoms with E-state index in [9.17, 15) is 4.79 Å². The lowest BCUT2D eigenvalue weighted by molar-refractivity contribution is -0.130. The number of ether oxygens (including phenoxy) is 1. The van der Waals surface area contributed by atoms with Crippen molar-refractivity contribution in [2.24, 2.45) is 0 Å². The van der Waals surface area contributed by atoms with Crippen molar-refractivity contribution in [1.82, 2.24) is 10.2 Å². The molecule has 1 aromatic heterocycles. The molecule has 1 atom stereocenters. The molecular formula is C6H8ClN3O2. The van der Waals surface area contributed by atoms with Crippen molar-refractivity contribution in [2.75, 3.05) is 5.73 Å². The third-order valence-electron chi connectivity index (χ3n) is 1.33. The standard InChI is InChI=1S/C6H8ClN3O2/c7-5(12-3-11)1-4-2-9-10-6(4)8/h2-3,5H,1H2,(H3,8,9,10). The lowest BCUT2D eigenvalue weighted by Gasteiger charge is -2.04. The highest BCUT2D eigenvalue weighted by molar-refractivity contribution is 6.20. The number of anilines is 1. The van der Waals surface area contributed by atoms with Crippen LogP contribution in [0.2, 0.25) is 0 Å². The summed E-state index contributed by atoms with van der Waals surface area (Å²) in [6, 6.07) is 0. The molecule has 0 aliphatic heterocycles. The fourth-order valence-corrected chi connectivity index (χ4v) is 0.973. The van der Waals surface area contributed by atoms with Crippen LogP contribution < -0.4 is 5.73 Å². The Hall–Kier alpha value is -1.23. The number of halogens is 1. The monoisotopic (exact) mass is 189 g/mol. The third-order valence-corrected chi connectivity index (χ3v) is 1.59. The molecule has 0 radical (unpaired) electrons. The molecule has 1 aromatic rings. The third kappa shape index (κ3) is 2.13. The van der Waals surface area contributed by atoms with Crippen LogP contribution in [0.5, 0.6) is 0 Å². The normalized spacial score (nSPS) is 12.4. The quantitative estimate of drug-likeness (QED) is 0.526. The summed E-state index contributed by atoms with van der Waals surface area (Å²) in [6.07, 6.45) is 1.89. The summed E-state index contributed by atoms with van der Waals surface area (Å²) >= 11 is 5.59. The molecule has 66 valence electrons. The van der Waals surface area contributed by atoms with Crippen molar-refractivity contribution in [2.45, 2.75) is 12.0 Å². The Morgan fingerprint density at radius 3 is 3.17 bits per heavy atom. The van der Waals surface area contributed by atoms with E-state index in [1.165, 1.54) is 0 Å². The van der Waals surface area contributed by atoms with Gasteiger partial charge in [0.05, 0.1) is 6.20 Å². The first-order chi connectivity index (χ1) is 5.74. The molecule has 0 bridgehead atoms. The summed E-state index contributed by atoms with van der Waals surface area (Å²) in [5.41, 5.74) is 5.51. The number of H-pyrrole nitrogens is 1. The number of alkyl halides is 1. The number of nitrogens with zero attached hydrogens (tertiary/aromatic N) is 1. The molecule has 5 nitrogen and oxygen atoms in total. The van der Waals surface area contributed by atoms with Crippen molar-refractivity contribution in [3.8, 4) is 0 Å². The Kier molecular flexibility index (Phi) is 2.93. The van der Waals surface area contributed by atoms with E-state index >= 15 is 0 Å². The number of hydrogen-bond donors (Lipinski definition) is 2. The molecule has 3 N–H and O–H groups in total. The van der Waals surface area contributed by atoms with E-state index in [-0.39, 0.29) is 0 Å². The molecule has 0 aliphatic rings. The van der Waals surface area contributed by atoms with Gasteiger partial charge in [0, 0.05) is 12.0 Å². The van der Waals surface area contributed by atoms with Crippen LogP contribution in [0.4, 0.5) is 5.82 Å². The summed E-state index contributed by atoms with van der Waals surface area (Å²) in [6.45, 7) is 0.300. The zero-order chi connectivity index (χ0) is 8.97. The predicted octanol–water partition coefficient (Wildman–Crippen LogP) is 0.272. The SMILES string of the molecule is Nc1[nH]ncc1CC(Cl)OC=O. The summed E-state index contributed by atoms with van der Waals surface area (Å²) in [4.78, 5) is 9.87. The molecule has 6 heteroatoms.